The van der Waals surface area contributed by atoms with Crippen molar-refractivity contribution >= 4 is 15.8 Å². The minimum Gasteiger partial charge on any atom is -0.480 e. The van der Waals surface area contributed by atoms with Crippen LogP contribution in [0.5, 0.6) is 0 Å². The molecule has 0 radical (unpaired) electrons. The number of carbonyl (C=O) groups is 1. The molecule has 1 unspecified atom stereocenters. The van der Waals surface area contributed by atoms with Gasteiger partial charge in [-0.05, 0) is 6.42 Å². The molecule has 0 amide bonds. The van der Waals surface area contributed by atoms with Crippen LogP contribution < -0.4 is 0 Å². The summed E-state index contributed by atoms with van der Waals surface area (Å²) in [5.41, 5.74) is 0. The molecule has 0 bridgehead atoms. The zero-order valence-electron chi connectivity index (χ0n) is 6.20. The summed E-state index contributed by atoms with van der Waals surface area (Å²) in [6, 6.07) is 0. The average molecular weight is 202 g/mol. The topological polar surface area (TPSA) is 71.4 Å². The lowest BCUT2D eigenvalue weighted by molar-refractivity contribution is -0.136. The molecule has 0 aromatic rings. The Morgan fingerprint density at radius 1 is 1.50 bits per heavy atom. The second-order valence-electron chi connectivity index (χ2n) is 2.08. The first-order valence-electron chi connectivity index (χ1n) is 3.07. The molecule has 0 aromatic heterocycles. The third-order valence-electron chi connectivity index (χ3n) is 1.29. The van der Waals surface area contributed by atoms with Crippen molar-refractivity contribution < 1.29 is 27.1 Å². The van der Waals surface area contributed by atoms with E-state index in [0.717, 1.165) is 0 Å². The summed E-state index contributed by atoms with van der Waals surface area (Å²) in [7, 11) is -4.82. The second kappa shape index (κ2) is 3.79. The molecule has 0 aliphatic heterocycles. The lowest BCUT2D eigenvalue weighted by atomic mass is 10.3. The molecule has 0 aromatic carbocycles. The van der Waals surface area contributed by atoms with Crippen molar-refractivity contribution in [3.05, 3.63) is 0 Å². The highest BCUT2D eigenvalue weighted by atomic mass is 32.2. The van der Waals surface area contributed by atoms with Gasteiger partial charge in [0.2, 0.25) is 9.84 Å². The van der Waals surface area contributed by atoms with Crippen molar-refractivity contribution in [3.63, 3.8) is 0 Å². The molecule has 12 heavy (non-hydrogen) atoms. The van der Waals surface area contributed by atoms with E-state index in [9.17, 15) is 22.0 Å². The van der Waals surface area contributed by atoms with Gasteiger partial charge in [-0.15, -0.1) is 0 Å². The summed E-state index contributed by atoms with van der Waals surface area (Å²) in [5, 5.41) is 6.24. The highest BCUT2D eigenvalue weighted by Crippen LogP contribution is 2.15. The van der Waals surface area contributed by atoms with E-state index < -0.39 is 26.8 Å². The highest BCUT2D eigenvalue weighted by Gasteiger charge is 2.38. The first-order valence-corrected chi connectivity index (χ1v) is 4.68. The van der Waals surface area contributed by atoms with Gasteiger partial charge in [0.05, 0.1) is 0 Å². The van der Waals surface area contributed by atoms with E-state index in [-0.39, 0.29) is 6.42 Å². The van der Waals surface area contributed by atoms with Crippen LogP contribution in [0.3, 0.4) is 0 Å². The Labute approximate surface area is 68.1 Å². The van der Waals surface area contributed by atoms with Crippen LogP contribution in [0, 0.1) is 0 Å². The third kappa shape index (κ3) is 2.13. The molecule has 7 heteroatoms. The Balaban J connectivity index is 4.87. The maximum Gasteiger partial charge on any atom is 0.337 e. The van der Waals surface area contributed by atoms with Gasteiger partial charge in [0, 0.05) is 0 Å². The van der Waals surface area contributed by atoms with Gasteiger partial charge in [-0.1, -0.05) is 6.92 Å². The molecule has 1 atom stereocenters. The van der Waals surface area contributed by atoms with Crippen LogP contribution in [0.4, 0.5) is 8.78 Å². The van der Waals surface area contributed by atoms with E-state index in [1.54, 1.807) is 0 Å². The number of carboxylic acid groups (broad SMARTS) is 1. The van der Waals surface area contributed by atoms with E-state index in [2.05, 4.69) is 0 Å². The quantitative estimate of drug-likeness (QED) is 0.720. The molecule has 0 spiro atoms. The molecular weight excluding hydrogens is 194 g/mol. The van der Waals surface area contributed by atoms with Crippen LogP contribution in [0.15, 0.2) is 0 Å². The number of rotatable bonds is 4. The molecule has 0 saturated carbocycles. The fourth-order valence-corrected chi connectivity index (χ4v) is 1.67. The minimum absolute atomic E-state index is 0.359. The average Bonchev–Trinajstić information content (AvgIpc) is 1.86. The third-order valence-corrected chi connectivity index (χ3v) is 3.12. The van der Waals surface area contributed by atoms with Gasteiger partial charge in [0.15, 0.2) is 5.25 Å². The number of halogens is 2. The standard InChI is InChI=1S/C5H8F2O4S/c1-2-3(4(8)9)12(10,11)5(6)7/h3,5H,2H2,1H3,(H,8,9). The maximum atomic E-state index is 11.8. The van der Waals surface area contributed by atoms with E-state index in [0.29, 0.717) is 0 Å². The van der Waals surface area contributed by atoms with E-state index >= 15 is 0 Å². The fourth-order valence-electron chi connectivity index (χ4n) is 0.672. The number of sulfone groups is 1. The predicted molar refractivity (Wildman–Crippen MR) is 36.6 cm³/mol. The largest absolute Gasteiger partial charge is 0.480 e. The summed E-state index contributed by atoms with van der Waals surface area (Å²) >= 11 is 0. The van der Waals surface area contributed by atoms with Crippen LogP contribution >= 0.6 is 0 Å². The smallest absolute Gasteiger partial charge is 0.337 e. The number of carboxylic acids is 1. The van der Waals surface area contributed by atoms with Crippen LogP contribution in [0.2, 0.25) is 0 Å². The Morgan fingerprint density at radius 2 is 1.92 bits per heavy atom. The lowest BCUT2D eigenvalue weighted by Gasteiger charge is -2.09. The molecule has 4 nitrogen and oxygen atoms in total. The first kappa shape index (κ1) is 11.3. The van der Waals surface area contributed by atoms with Gasteiger partial charge in [-0.3, -0.25) is 4.79 Å². The van der Waals surface area contributed by atoms with Crippen molar-refractivity contribution in [2.75, 3.05) is 0 Å². The molecule has 0 aliphatic rings. The first-order chi connectivity index (χ1) is 5.34. The number of alkyl halides is 2. The normalized spacial score (nSPS) is 14.7. The monoisotopic (exact) mass is 202 g/mol. The molecule has 0 rings (SSSR count). The van der Waals surface area contributed by atoms with Crippen molar-refractivity contribution in [2.45, 2.75) is 24.4 Å². The number of hydrogen-bond acceptors (Lipinski definition) is 3. The molecule has 72 valence electrons. The summed E-state index contributed by atoms with van der Waals surface area (Å²) in [6.07, 6.45) is -0.359. The van der Waals surface area contributed by atoms with Crippen LogP contribution in [-0.4, -0.2) is 30.5 Å². The maximum absolute atomic E-state index is 11.8. The number of aliphatic carboxylic acids is 1. The number of hydrogen-bond donors (Lipinski definition) is 1. The van der Waals surface area contributed by atoms with Crippen molar-refractivity contribution in [1.29, 1.82) is 0 Å². The van der Waals surface area contributed by atoms with E-state index in [1.807, 2.05) is 0 Å². The SMILES string of the molecule is CCC(C(=O)O)S(=O)(=O)C(F)F. The second-order valence-corrected chi connectivity index (χ2v) is 4.19. The molecular formula is C5H8F2O4S. The fraction of sp³-hybridized carbons (Fsp3) is 0.800. The molecule has 0 fully saturated rings. The summed E-state index contributed by atoms with van der Waals surface area (Å²) < 4.78 is 44.7. The molecule has 0 saturated heterocycles. The van der Waals surface area contributed by atoms with Crippen molar-refractivity contribution in [3.8, 4) is 0 Å². The zero-order chi connectivity index (χ0) is 9.94. The summed E-state index contributed by atoms with van der Waals surface area (Å²) in [5.74, 6) is -5.36. The summed E-state index contributed by atoms with van der Waals surface area (Å²) in [4.78, 5) is 10.2. The Morgan fingerprint density at radius 3 is 2.00 bits per heavy atom. The predicted octanol–water partition coefficient (Wildman–Crippen LogP) is 0.487. The lowest BCUT2D eigenvalue weighted by Crippen LogP contribution is -2.33. The Bertz CT molecular complexity index is 259. The molecule has 0 aliphatic carbocycles. The summed E-state index contributed by atoms with van der Waals surface area (Å²) in [6.45, 7) is 1.22. The van der Waals surface area contributed by atoms with Gasteiger partial charge < -0.3 is 5.11 Å². The Hall–Kier alpha value is -0.720. The van der Waals surface area contributed by atoms with E-state index in [1.165, 1.54) is 6.92 Å². The van der Waals surface area contributed by atoms with Crippen LogP contribution in [-0.2, 0) is 14.6 Å². The van der Waals surface area contributed by atoms with Gasteiger partial charge in [0.25, 0.3) is 0 Å². The van der Waals surface area contributed by atoms with Gasteiger partial charge in [-0.2, -0.15) is 8.78 Å². The molecule has 1 N–H and O–H groups in total. The highest BCUT2D eigenvalue weighted by molar-refractivity contribution is 7.93. The van der Waals surface area contributed by atoms with Crippen molar-refractivity contribution in [2.24, 2.45) is 0 Å². The Kier molecular flexibility index (Phi) is 3.56. The van der Waals surface area contributed by atoms with Gasteiger partial charge in [0.1, 0.15) is 0 Å². The van der Waals surface area contributed by atoms with Gasteiger partial charge in [-0.25, -0.2) is 8.42 Å². The van der Waals surface area contributed by atoms with Crippen LogP contribution in [0.25, 0.3) is 0 Å². The van der Waals surface area contributed by atoms with E-state index in [4.69, 9.17) is 5.11 Å². The van der Waals surface area contributed by atoms with Crippen molar-refractivity contribution in [1.82, 2.24) is 0 Å². The minimum atomic E-state index is -4.82. The van der Waals surface area contributed by atoms with Crippen LogP contribution in [0.1, 0.15) is 13.3 Å². The molecule has 0 heterocycles. The van der Waals surface area contributed by atoms with Gasteiger partial charge >= 0.3 is 11.7 Å². The zero-order valence-corrected chi connectivity index (χ0v) is 7.01.